The minimum Gasteiger partial charge on any atom is -0.494 e. The molecular weight excluding hydrogens is 440 g/mol. The number of sulfonamides is 1. The summed E-state index contributed by atoms with van der Waals surface area (Å²) in [4.78, 5) is 27.1. The fourth-order valence-corrected chi connectivity index (χ4v) is 5.54. The summed E-state index contributed by atoms with van der Waals surface area (Å²) in [5.74, 6) is -0.434. The zero-order valence-corrected chi connectivity index (χ0v) is 19.0. The highest BCUT2D eigenvalue weighted by atomic mass is 32.2. The van der Waals surface area contributed by atoms with Crippen LogP contribution in [-0.4, -0.2) is 43.7 Å². The minimum absolute atomic E-state index is 0.0582. The van der Waals surface area contributed by atoms with Crippen LogP contribution in [-0.2, 0) is 19.6 Å². The molecule has 8 heteroatoms. The normalized spacial score (nSPS) is 16.5. The van der Waals surface area contributed by atoms with E-state index in [-0.39, 0.29) is 17.9 Å². The van der Waals surface area contributed by atoms with Crippen LogP contribution in [0, 0.1) is 0 Å². The fourth-order valence-electron chi connectivity index (χ4n) is 3.95. The summed E-state index contributed by atoms with van der Waals surface area (Å²) in [5, 5.41) is 1.67. The van der Waals surface area contributed by atoms with Crippen molar-refractivity contribution in [2.45, 2.75) is 24.3 Å². The maximum absolute atomic E-state index is 13.5. The van der Waals surface area contributed by atoms with Gasteiger partial charge in [0.25, 0.3) is 5.91 Å². The van der Waals surface area contributed by atoms with Crippen molar-refractivity contribution in [3.63, 3.8) is 0 Å². The van der Waals surface area contributed by atoms with Gasteiger partial charge in [-0.25, -0.2) is 13.3 Å². The Hall–Kier alpha value is -3.49. The maximum atomic E-state index is 13.5. The molecule has 0 bridgehead atoms. The predicted octanol–water partition coefficient (Wildman–Crippen LogP) is 3.75. The Labute approximate surface area is 192 Å². The van der Waals surface area contributed by atoms with Gasteiger partial charge in [0.05, 0.1) is 23.6 Å². The molecule has 0 N–H and O–H groups in total. The van der Waals surface area contributed by atoms with Crippen molar-refractivity contribution < 1.29 is 22.7 Å². The van der Waals surface area contributed by atoms with Crippen molar-refractivity contribution in [3.8, 4) is 5.75 Å². The number of amides is 2. The van der Waals surface area contributed by atoms with E-state index in [0.717, 1.165) is 20.0 Å². The van der Waals surface area contributed by atoms with E-state index >= 15 is 0 Å². The third kappa shape index (κ3) is 4.27. The van der Waals surface area contributed by atoms with Crippen LogP contribution in [0.2, 0.25) is 0 Å². The third-order valence-corrected chi connectivity index (χ3v) is 7.38. The monoisotopic (exact) mass is 464 g/mol. The number of fused-ring (bicyclic) bond motifs is 1. The summed E-state index contributed by atoms with van der Waals surface area (Å²) in [7, 11) is -4.07. The number of rotatable bonds is 8. The highest BCUT2D eigenvalue weighted by molar-refractivity contribution is 7.89. The molecule has 0 radical (unpaired) electrons. The van der Waals surface area contributed by atoms with Gasteiger partial charge in [0, 0.05) is 6.54 Å². The first-order chi connectivity index (χ1) is 15.9. The van der Waals surface area contributed by atoms with Crippen molar-refractivity contribution in [1.82, 2.24) is 4.31 Å². The molecular formula is C25H24N2O5S. The molecule has 3 aromatic carbocycles. The number of ether oxygens (including phenoxy) is 1. The standard InChI is InChI=1S/C25H24N2O5S/c1-3-15-26(33(30,31)22-14-9-18-7-5-6-8-19(18)16-22)23-17-24(28)27(25(23)29)20-10-12-21(13-11-20)32-4-2/h3,5-14,16,23H,1,4,15,17H2,2H3. The van der Waals surface area contributed by atoms with Crippen LogP contribution in [0.4, 0.5) is 5.69 Å². The molecule has 4 rings (SSSR count). The molecule has 1 unspecified atom stereocenters. The second-order valence-corrected chi connectivity index (χ2v) is 9.48. The van der Waals surface area contributed by atoms with Gasteiger partial charge in [0.1, 0.15) is 11.8 Å². The summed E-state index contributed by atoms with van der Waals surface area (Å²) < 4.78 is 33.5. The lowest BCUT2D eigenvalue weighted by molar-refractivity contribution is -0.122. The van der Waals surface area contributed by atoms with E-state index in [4.69, 9.17) is 4.74 Å². The van der Waals surface area contributed by atoms with Crippen LogP contribution in [0.3, 0.4) is 0 Å². The zero-order chi connectivity index (χ0) is 23.6. The third-order valence-electron chi connectivity index (χ3n) is 5.51. The number of imide groups is 1. The Balaban J connectivity index is 1.67. The first-order valence-corrected chi connectivity index (χ1v) is 12.0. The largest absolute Gasteiger partial charge is 0.494 e. The SMILES string of the molecule is C=CCN(C1CC(=O)N(c2ccc(OCC)cc2)C1=O)S(=O)(=O)c1ccc2ccccc2c1. The number of anilines is 1. The maximum Gasteiger partial charge on any atom is 0.252 e. The number of nitrogens with zero attached hydrogens (tertiary/aromatic N) is 2. The molecule has 2 amide bonds. The first kappa shape index (κ1) is 22.7. The lowest BCUT2D eigenvalue weighted by Gasteiger charge is -2.26. The lowest BCUT2D eigenvalue weighted by atomic mass is 10.1. The summed E-state index contributed by atoms with van der Waals surface area (Å²) in [6.45, 7) is 5.90. The summed E-state index contributed by atoms with van der Waals surface area (Å²) in [6.07, 6.45) is 1.17. The van der Waals surface area contributed by atoms with Crippen molar-refractivity contribution in [2.75, 3.05) is 18.1 Å². The Kier molecular flexibility index (Phi) is 6.31. The second kappa shape index (κ2) is 9.17. The molecule has 1 atom stereocenters. The van der Waals surface area contributed by atoms with E-state index in [0.29, 0.717) is 18.0 Å². The molecule has 1 aliphatic heterocycles. The Bertz CT molecular complexity index is 1320. The topological polar surface area (TPSA) is 84.0 Å². The van der Waals surface area contributed by atoms with Gasteiger partial charge in [-0.3, -0.25) is 9.59 Å². The molecule has 0 aromatic heterocycles. The van der Waals surface area contributed by atoms with Crippen LogP contribution >= 0.6 is 0 Å². The molecule has 1 saturated heterocycles. The predicted molar refractivity (Wildman–Crippen MR) is 127 cm³/mol. The van der Waals surface area contributed by atoms with Crippen LogP contribution < -0.4 is 9.64 Å². The molecule has 170 valence electrons. The summed E-state index contributed by atoms with van der Waals surface area (Å²) >= 11 is 0. The molecule has 33 heavy (non-hydrogen) atoms. The number of carbonyl (C=O) groups excluding carboxylic acids is 2. The van der Waals surface area contributed by atoms with Crippen molar-refractivity contribution >= 4 is 38.3 Å². The van der Waals surface area contributed by atoms with Crippen molar-refractivity contribution in [1.29, 1.82) is 0 Å². The van der Waals surface area contributed by atoms with Crippen LogP contribution in [0.25, 0.3) is 10.8 Å². The summed E-state index contributed by atoms with van der Waals surface area (Å²) in [6, 6.07) is 17.6. The minimum atomic E-state index is -4.07. The highest BCUT2D eigenvalue weighted by Crippen LogP contribution is 2.31. The average Bonchev–Trinajstić information content (AvgIpc) is 3.11. The zero-order valence-electron chi connectivity index (χ0n) is 18.2. The average molecular weight is 465 g/mol. The van der Waals surface area contributed by atoms with E-state index in [9.17, 15) is 18.0 Å². The summed E-state index contributed by atoms with van der Waals surface area (Å²) in [5.41, 5.74) is 0.373. The van der Waals surface area contributed by atoms with Gasteiger partial charge in [-0.1, -0.05) is 36.4 Å². The van der Waals surface area contributed by atoms with Crippen LogP contribution in [0.5, 0.6) is 5.75 Å². The van der Waals surface area contributed by atoms with E-state index in [1.54, 1.807) is 36.4 Å². The molecule has 1 fully saturated rings. The number of benzene rings is 3. The van der Waals surface area contributed by atoms with Crippen molar-refractivity contribution in [3.05, 3.63) is 79.4 Å². The van der Waals surface area contributed by atoms with Gasteiger partial charge in [-0.05, 0) is 54.1 Å². The van der Waals surface area contributed by atoms with Crippen LogP contribution in [0.15, 0.2) is 84.3 Å². The molecule has 0 aliphatic carbocycles. The van der Waals surface area contributed by atoms with E-state index in [1.807, 2.05) is 31.2 Å². The first-order valence-electron chi connectivity index (χ1n) is 10.6. The van der Waals surface area contributed by atoms with Gasteiger partial charge in [-0.15, -0.1) is 6.58 Å². The second-order valence-electron chi connectivity index (χ2n) is 7.59. The van der Waals surface area contributed by atoms with Gasteiger partial charge < -0.3 is 4.74 Å². The molecule has 0 spiro atoms. The Morgan fingerprint density at radius 2 is 1.76 bits per heavy atom. The highest BCUT2D eigenvalue weighted by Gasteiger charge is 2.46. The van der Waals surface area contributed by atoms with Crippen LogP contribution in [0.1, 0.15) is 13.3 Å². The van der Waals surface area contributed by atoms with Crippen molar-refractivity contribution in [2.24, 2.45) is 0 Å². The smallest absolute Gasteiger partial charge is 0.252 e. The van der Waals surface area contributed by atoms with Gasteiger partial charge in [0.15, 0.2) is 0 Å². The molecule has 3 aromatic rings. The Morgan fingerprint density at radius 3 is 2.42 bits per heavy atom. The quantitative estimate of drug-likeness (QED) is 0.375. The van der Waals surface area contributed by atoms with Gasteiger partial charge in [-0.2, -0.15) is 4.31 Å². The number of hydrogen-bond donors (Lipinski definition) is 0. The fraction of sp³-hybridized carbons (Fsp3) is 0.200. The van der Waals surface area contributed by atoms with E-state index < -0.39 is 27.9 Å². The van der Waals surface area contributed by atoms with E-state index in [1.165, 1.54) is 12.1 Å². The van der Waals surface area contributed by atoms with E-state index in [2.05, 4.69) is 6.58 Å². The molecule has 1 aliphatic rings. The molecule has 1 heterocycles. The molecule has 0 saturated carbocycles. The van der Waals surface area contributed by atoms with Gasteiger partial charge in [0.2, 0.25) is 15.9 Å². The Morgan fingerprint density at radius 1 is 1.06 bits per heavy atom. The number of hydrogen-bond acceptors (Lipinski definition) is 5. The van der Waals surface area contributed by atoms with Gasteiger partial charge >= 0.3 is 0 Å². The molecule has 7 nitrogen and oxygen atoms in total. The number of carbonyl (C=O) groups is 2. The lowest BCUT2D eigenvalue weighted by Crippen LogP contribution is -2.45.